The largest absolute Gasteiger partial charge is 0.492 e. The summed E-state index contributed by atoms with van der Waals surface area (Å²) in [6.45, 7) is 3.93. The van der Waals surface area contributed by atoms with E-state index in [2.05, 4.69) is 5.32 Å². The average Bonchev–Trinajstić information content (AvgIpc) is 2.44. The zero-order chi connectivity index (χ0) is 14.8. The SMILES string of the molecule is CCCOc1ccc(CCC(=O)NCCCN)cc1Cl. The maximum absolute atomic E-state index is 11.6. The Morgan fingerprint density at radius 3 is 2.90 bits per heavy atom. The standard InChI is InChI=1S/C15H23ClN2O2/c1-2-10-20-14-6-4-12(11-13(14)16)5-7-15(19)18-9-3-8-17/h4,6,11H,2-3,5,7-10,17H2,1H3,(H,18,19). The average molecular weight is 299 g/mol. The lowest BCUT2D eigenvalue weighted by atomic mass is 10.1. The van der Waals surface area contributed by atoms with E-state index in [-0.39, 0.29) is 5.91 Å². The van der Waals surface area contributed by atoms with Crippen molar-refractivity contribution in [2.75, 3.05) is 19.7 Å². The third-order valence-electron chi connectivity index (χ3n) is 2.80. The molecule has 0 aromatic heterocycles. The van der Waals surface area contributed by atoms with Gasteiger partial charge in [-0.05, 0) is 43.5 Å². The van der Waals surface area contributed by atoms with Crippen LogP contribution in [0.25, 0.3) is 0 Å². The van der Waals surface area contributed by atoms with Crippen molar-refractivity contribution in [2.45, 2.75) is 32.6 Å². The summed E-state index contributed by atoms with van der Waals surface area (Å²) in [7, 11) is 0. The van der Waals surface area contributed by atoms with Crippen molar-refractivity contribution in [3.63, 3.8) is 0 Å². The summed E-state index contributed by atoms with van der Waals surface area (Å²) in [6.07, 6.45) is 2.88. The molecule has 1 aromatic carbocycles. The minimum atomic E-state index is 0.0425. The summed E-state index contributed by atoms with van der Waals surface area (Å²) < 4.78 is 5.51. The third kappa shape index (κ3) is 6.26. The molecule has 0 atom stereocenters. The van der Waals surface area contributed by atoms with Crippen LogP contribution < -0.4 is 15.8 Å². The Morgan fingerprint density at radius 1 is 1.45 bits per heavy atom. The highest BCUT2D eigenvalue weighted by Crippen LogP contribution is 2.26. The van der Waals surface area contributed by atoms with E-state index in [9.17, 15) is 4.79 Å². The zero-order valence-corrected chi connectivity index (χ0v) is 12.7. The molecule has 112 valence electrons. The van der Waals surface area contributed by atoms with Crippen LogP contribution >= 0.6 is 11.6 Å². The van der Waals surface area contributed by atoms with Crippen LogP contribution in [0.5, 0.6) is 5.75 Å². The minimum Gasteiger partial charge on any atom is -0.492 e. The van der Waals surface area contributed by atoms with Gasteiger partial charge in [-0.1, -0.05) is 24.6 Å². The van der Waals surface area contributed by atoms with Crippen molar-refractivity contribution in [1.82, 2.24) is 5.32 Å². The van der Waals surface area contributed by atoms with Crippen LogP contribution in [0.3, 0.4) is 0 Å². The van der Waals surface area contributed by atoms with Gasteiger partial charge < -0.3 is 15.8 Å². The molecule has 20 heavy (non-hydrogen) atoms. The lowest BCUT2D eigenvalue weighted by Gasteiger charge is -2.09. The number of benzene rings is 1. The molecule has 3 N–H and O–H groups in total. The smallest absolute Gasteiger partial charge is 0.220 e. The maximum Gasteiger partial charge on any atom is 0.220 e. The molecule has 0 saturated carbocycles. The highest BCUT2D eigenvalue weighted by Gasteiger charge is 2.05. The Labute approximate surface area is 125 Å². The van der Waals surface area contributed by atoms with Crippen molar-refractivity contribution in [1.29, 1.82) is 0 Å². The van der Waals surface area contributed by atoms with E-state index in [1.807, 2.05) is 25.1 Å². The van der Waals surface area contributed by atoms with Gasteiger partial charge in [0.15, 0.2) is 0 Å². The van der Waals surface area contributed by atoms with Crippen LogP contribution in [0.15, 0.2) is 18.2 Å². The highest BCUT2D eigenvalue weighted by atomic mass is 35.5. The Hall–Kier alpha value is -1.26. The molecule has 5 heteroatoms. The Bertz CT molecular complexity index is 424. The molecular formula is C15H23ClN2O2. The lowest BCUT2D eigenvalue weighted by Crippen LogP contribution is -2.26. The fourth-order valence-corrected chi connectivity index (χ4v) is 1.96. The van der Waals surface area contributed by atoms with Gasteiger partial charge in [-0.3, -0.25) is 4.79 Å². The monoisotopic (exact) mass is 298 g/mol. The summed E-state index contributed by atoms with van der Waals surface area (Å²) in [5, 5.41) is 3.43. The predicted molar refractivity (Wildman–Crippen MR) is 82.2 cm³/mol. The first-order chi connectivity index (χ1) is 9.67. The molecule has 0 fully saturated rings. The van der Waals surface area contributed by atoms with Crippen LogP contribution in [-0.2, 0) is 11.2 Å². The quantitative estimate of drug-likeness (QED) is 0.689. The molecule has 0 bridgehead atoms. The van der Waals surface area contributed by atoms with Gasteiger partial charge in [-0.25, -0.2) is 0 Å². The number of aryl methyl sites for hydroxylation is 1. The number of hydrogen-bond donors (Lipinski definition) is 2. The topological polar surface area (TPSA) is 64.3 Å². The van der Waals surface area contributed by atoms with E-state index >= 15 is 0 Å². The van der Waals surface area contributed by atoms with Crippen LogP contribution in [0.2, 0.25) is 5.02 Å². The van der Waals surface area contributed by atoms with Crippen LogP contribution in [0.4, 0.5) is 0 Å². The van der Waals surface area contributed by atoms with E-state index in [0.29, 0.717) is 43.3 Å². The zero-order valence-electron chi connectivity index (χ0n) is 12.0. The van der Waals surface area contributed by atoms with Crippen molar-refractivity contribution >= 4 is 17.5 Å². The molecule has 0 aliphatic heterocycles. The van der Waals surface area contributed by atoms with E-state index in [0.717, 1.165) is 18.4 Å². The van der Waals surface area contributed by atoms with Gasteiger partial charge in [0, 0.05) is 13.0 Å². The molecule has 1 rings (SSSR count). The Kier molecular flexibility index (Phi) is 8.07. The lowest BCUT2D eigenvalue weighted by molar-refractivity contribution is -0.121. The van der Waals surface area contributed by atoms with E-state index in [1.165, 1.54) is 0 Å². The maximum atomic E-state index is 11.6. The molecule has 1 amide bonds. The second kappa shape index (κ2) is 9.61. The molecule has 0 aliphatic carbocycles. The summed E-state index contributed by atoms with van der Waals surface area (Å²) in [5.41, 5.74) is 6.40. The minimum absolute atomic E-state index is 0.0425. The summed E-state index contributed by atoms with van der Waals surface area (Å²) in [6, 6.07) is 5.67. The van der Waals surface area contributed by atoms with Crippen molar-refractivity contribution in [2.24, 2.45) is 5.73 Å². The number of carbonyl (C=O) groups excluding carboxylic acids is 1. The van der Waals surface area contributed by atoms with Crippen molar-refractivity contribution in [3.8, 4) is 5.75 Å². The molecule has 0 heterocycles. The Balaban J connectivity index is 2.40. The number of hydrogen-bond acceptors (Lipinski definition) is 3. The normalized spacial score (nSPS) is 10.3. The van der Waals surface area contributed by atoms with E-state index in [1.54, 1.807) is 0 Å². The predicted octanol–water partition coefficient (Wildman–Crippen LogP) is 2.53. The molecule has 0 saturated heterocycles. The molecule has 0 aliphatic rings. The van der Waals surface area contributed by atoms with Gasteiger partial charge >= 0.3 is 0 Å². The number of nitrogens with one attached hydrogen (secondary N) is 1. The molecule has 1 aromatic rings. The fraction of sp³-hybridized carbons (Fsp3) is 0.533. The van der Waals surface area contributed by atoms with Crippen LogP contribution in [0, 0.1) is 0 Å². The summed E-state index contributed by atoms with van der Waals surface area (Å²) >= 11 is 6.14. The fourth-order valence-electron chi connectivity index (χ4n) is 1.71. The van der Waals surface area contributed by atoms with Gasteiger partial charge in [0.1, 0.15) is 5.75 Å². The van der Waals surface area contributed by atoms with Crippen LogP contribution in [0.1, 0.15) is 31.7 Å². The first-order valence-electron chi connectivity index (χ1n) is 7.05. The number of ether oxygens (including phenoxy) is 1. The van der Waals surface area contributed by atoms with Crippen molar-refractivity contribution < 1.29 is 9.53 Å². The number of rotatable bonds is 9. The van der Waals surface area contributed by atoms with Gasteiger partial charge in [0.25, 0.3) is 0 Å². The van der Waals surface area contributed by atoms with Gasteiger partial charge in [0.05, 0.1) is 11.6 Å². The first-order valence-corrected chi connectivity index (χ1v) is 7.43. The van der Waals surface area contributed by atoms with E-state index in [4.69, 9.17) is 22.1 Å². The summed E-state index contributed by atoms with van der Waals surface area (Å²) in [4.78, 5) is 11.6. The molecule has 4 nitrogen and oxygen atoms in total. The molecule has 0 radical (unpaired) electrons. The number of carbonyl (C=O) groups is 1. The number of nitrogens with two attached hydrogens (primary N) is 1. The molecule has 0 unspecified atom stereocenters. The van der Waals surface area contributed by atoms with Crippen molar-refractivity contribution in [3.05, 3.63) is 28.8 Å². The van der Waals surface area contributed by atoms with Gasteiger partial charge in [0.2, 0.25) is 5.91 Å². The number of amides is 1. The summed E-state index contributed by atoms with van der Waals surface area (Å²) in [5.74, 6) is 0.741. The van der Waals surface area contributed by atoms with Gasteiger partial charge in [-0.15, -0.1) is 0 Å². The molecular weight excluding hydrogens is 276 g/mol. The first kappa shape index (κ1) is 16.8. The second-order valence-corrected chi connectivity index (χ2v) is 5.01. The van der Waals surface area contributed by atoms with E-state index < -0.39 is 0 Å². The molecule has 0 spiro atoms. The Morgan fingerprint density at radius 2 is 2.25 bits per heavy atom. The second-order valence-electron chi connectivity index (χ2n) is 4.61. The highest BCUT2D eigenvalue weighted by molar-refractivity contribution is 6.32. The number of halogens is 1. The van der Waals surface area contributed by atoms with Crippen LogP contribution in [-0.4, -0.2) is 25.6 Å². The third-order valence-corrected chi connectivity index (χ3v) is 3.10. The van der Waals surface area contributed by atoms with Gasteiger partial charge in [-0.2, -0.15) is 0 Å².